The van der Waals surface area contributed by atoms with Crippen molar-refractivity contribution in [2.75, 3.05) is 5.12 Å². The van der Waals surface area contributed by atoms with E-state index in [2.05, 4.69) is 0 Å². The van der Waals surface area contributed by atoms with Crippen LogP contribution in [0.2, 0.25) is 0 Å². The summed E-state index contributed by atoms with van der Waals surface area (Å²) < 4.78 is 0. The summed E-state index contributed by atoms with van der Waals surface area (Å²) in [6.07, 6.45) is 0. The summed E-state index contributed by atoms with van der Waals surface area (Å²) in [4.78, 5) is 20.5. The van der Waals surface area contributed by atoms with E-state index in [1.807, 2.05) is 0 Å². The predicted molar refractivity (Wildman–Crippen MR) is 45.4 cm³/mol. The Balaban J connectivity index is 0.00000169. The molecule has 0 fully saturated rings. The van der Waals surface area contributed by atoms with E-state index in [0.29, 0.717) is 0 Å². The van der Waals surface area contributed by atoms with Gasteiger partial charge in [0.25, 0.3) is 0 Å². The molecule has 0 aliphatic rings. The highest BCUT2D eigenvalue weighted by Gasteiger charge is 2.29. The first-order valence-corrected chi connectivity index (χ1v) is 3.26. The van der Waals surface area contributed by atoms with E-state index in [1.54, 1.807) is 6.07 Å². The van der Waals surface area contributed by atoms with Crippen molar-refractivity contribution in [3.63, 3.8) is 0 Å². The highest BCUT2D eigenvalue weighted by molar-refractivity contribution is 5.40. The number of para-hydroxylation sites is 1. The second-order valence-corrected chi connectivity index (χ2v) is 2.10. The molecule has 0 amide bonds. The maximum Gasteiger partial charge on any atom is 0.228 e. The highest BCUT2D eigenvalue weighted by Crippen LogP contribution is 2.12. The molecule has 0 atom stereocenters. The molecule has 0 bridgehead atoms. The van der Waals surface area contributed by atoms with Gasteiger partial charge in [0.2, 0.25) is 10.1 Å². The number of hydrogen-bond acceptors (Lipinski definition) is 4. The maximum absolute atomic E-state index is 10.2. The normalized spacial score (nSPS) is 8.57. The molecule has 1 rings (SSSR count). The Morgan fingerprint density at radius 3 is 1.79 bits per heavy atom. The molecule has 0 aromatic heterocycles. The number of rotatable bonds is 3. The smallest absolute Gasteiger partial charge is 0.228 e. The molecule has 0 spiro atoms. The van der Waals surface area contributed by atoms with Gasteiger partial charge in [-0.3, -0.25) is 4.70 Å². The van der Waals surface area contributed by atoms with E-state index in [9.17, 15) is 20.2 Å². The molecule has 0 aliphatic carbocycles. The third-order valence-corrected chi connectivity index (χ3v) is 1.30. The van der Waals surface area contributed by atoms with E-state index in [-0.39, 0.29) is 15.5 Å². The largest absolute Gasteiger partial charge is 0.269 e. The molecule has 0 unspecified atom stereocenters. The van der Waals surface area contributed by atoms with Gasteiger partial charge in [-0.2, -0.15) is 0 Å². The van der Waals surface area contributed by atoms with E-state index in [0.717, 1.165) is 0 Å². The molecule has 7 nitrogen and oxygen atoms in total. The van der Waals surface area contributed by atoms with Gasteiger partial charge in [0.15, 0.2) is 10.8 Å². The van der Waals surface area contributed by atoms with Crippen LogP contribution >= 0.6 is 0 Å². The monoisotopic (exact) mass is 203 g/mol. The molecule has 14 heavy (non-hydrogen) atoms. The van der Waals surface area contributed by atoms with E-state index in [4.69, 9.17) is 0 Å². The summed E-state index contributed by atoms with van der Waals surface area (Å²) in [6, 6.07) is 7.14. The summed E-state index contributed by atoms with van der Waals surface area (Å²) in [6.45, 7) is 0. The Kier molecular flexibility index (Phi) is 3.94. The molecular formula is C6H6FN3O4. The van der Waals surface area contributed by atoms with Crippen LogP contribution in [0.25, 0.3) is 0 Å². The van der Waals surface area contributed by atoms with Gasteiger partial charge in [0, 0.05) is 0 Å². The summed E-state index contributed by atoms with van der Waals surface area (Å²) in [5, 5.41) is 18.1. The fourth-order valence-corrected chi connectivity index (χ4v) is 0.810. The van der Waals surface area contributed by atoms with Crippen LogP contribution in [0.4, 0.5) is 10.4 Å². The van der Waals surface area contributed by atoms with Crippen LogP contribution in [0.1, 0.15) is 0 Å². The molecule has 8 heteroatoms. The molecule has 1 aromatic carbocycles. The van der Waals surface area contributed by atoms with Crippen molar-refractivity contribution < 1.29 is 14.8 Å². The highest BCUT2D eigenvalue weighted by atomic mass is 19.0. The summed E-state index contributed by atoms with van der Waals surface area (Å²) in [5.74, 6) is 0. The summed E-state index contributed by atoms with van der Waals surface area (Å²) in [7, 11) is 0. The van der Waals surface area contributed by atoms with Crippen molar-refractivity contribution >= 4 is 5.69 Å². The number of nitro groups is 2. The number of halogens is 1. The standard InChI is InChI=1S/C6H5N3O4.FH/c10-8(11)7(9(12)13)6-4-2-1-3-5-6;/h1-5H;1H. The van der Waals surface area contributed by atoms with Crippen molar-refractivity contribution in [1.82, 2.24) is 0 Å². The van der Waals surface area contributed by atoms with Crippen molar-refractivity contribution in [1.29, 1.82) is 0 Å². The third-order valence-electron chi connectivity index (χ3n) is 1.30. The molecule has 1 aromatic rings. The Morgan fingerprint density at radius 1 is 1.00 bits per heavy atom. The van der Waals surface area contributed by atoms with Crippen LogP contribution in [-0.2, 0) is 0 Å². The lowest BCUT2D eigenvalue weighted by Crippen LogP contribution is -2.35. The average Bonchev–Trinajstić information content (AvgIpc) is 2.04. The first-order chi connectivity index (χ1) is 6.13. The number of hydrazine groups is 2. The third kappa shape index (κ3) is 2.37. The average molecular weight is 203 g/mol. The fraction of sp³-hybridized carbons (Fsp3) is 0. The molecule has 0 saturated carbocycles. The van der Waals surface area contributed by atoms with Crippen molar-refractivity contribution in [2.45, 2.75) is 0 Å². The fourth-order valence-electron chi connectivity index (χ4n) is 0.810. The Labute approximate surface area is 77.2 Å². The Bertz CT molecular complexity index is 317. The molecular weight excluding hydrogens is 197 g/mol. The lowest BCUT2D eigenvalue weighted by Gasteiger charge is -2.01. The quantitative estimate of drug-likeness (QED) is 0.540. The number of benzene rings is 1. The molecule has 0 saturated heterocycles. The molecule has 76 valence electrons. The second-order valence-electron chi connectivity index (χ2n) is 2.10. The Morgan fingerprint density at radius 2 is 1.43 bits per heavy atom. The number of hydrogen-bond donors (Lipinski definition) is 0. The van der Waals surface area contributed by atoms with E-state index >= 15 is 0 Å². The van der Waals surface area contributed by atoms with E-state index < -0.39 is 10.1 Å². The zero-order chi connectivity index (χ0) is 9.84. The second kappa shape index (κ2) is 4.70. The Hall–Kier alpha value is -2.25. The van der Waals surface area contributed by atoms with Gasteiger partial charge < -0.3 is 0 Å². The minimum Gasteiger partial charge on any atom is -0.269 e. The molecule has 0 radical (unpaired) electrons. The first-order valence-electron chi connectivity index (χ1n) is 3.26. The minimum absolute atomic E-state index is 0. The zero-order valence-electron chi connectivity index (χ0n) is 6.77. The van der Waals surface area contributed by atoms with Gasteiger partial charge in [0.05, 0.1) is 0 Å². The van der Waals surface area contributed by atoms with Gasteiger partial charge >= 0.3 is 0 Å². The van der Waals surface area contributed by atoms with E-state index in [1.165, 1.54) is 24.3 Å². The van der Waals surface area contributed by atoms with Crippen LogP contribution in [-0.4, -0.2) is 10.1 Å². The zero-order valence-corrected chi connectivity index (χ0v) is 6.77. The number of anilines is 1. The first kappa shape index (κ1) is 11.8. The summed E-state index contributed by atoms with van der Waals surface area (Å²) >= 11 is 0. The van der Waals surface area contributed by atoms with Gasteiger partial charge in [-0.1, -0.05) is 18.2 Å². The minimum atomic E-state index is -1.09. The van der Waals surface area contributed by atoms with Crippen molar-refractivity contribution in [3.05, 3.63) is 50.6 Å². The maximum atomic E-state index is 10.2. The molecule has 0 N–H and O–H groups in total. The van der Waals surface area contributed by atoms with Crippen LogP contribution in [0.15, 0.2) is 30.3 Å². The van der Waals surface area contributed by atoms with Crippen molar-refractivity contribution in [2.24, 2.45) is 0 Å². The predicted octanol–water partition coefficient (Wildman–Crippen LogP) is 1.03. The van der Waals surface area contributed by atoms with Crippen LogP contribution in [0.5, 0.6) is 0 Å². The van der Waals surface area contributed by atoms with Gasteiger partial charge in [-0.05, 0) is 12.1 Å². The lowest BCUT2D eigenvalue weighted by atomic mass is 10.3. The lowest BCUT2D eigenvalue weighted by molar-refractivity contribution is -0.711. The van der Waals surface area contributed by atoms with Crippen molar-refractivity contribution in [3.8, 4) is 0 Å². The topological polar surface area (TPSA) is 89.5 Å². The SMILES string of the molecule is F.O=[N+]([O-])N(c1ccccc1)[N+](=O)[O-]. The summed E-state index contributed by atoms with van der Waals surface area (Å²) in [5.41, 5.74) is -0.0856. The van der Waals surface area contributed by atoms with Crippen LogP contribution < -0.4 is 5.12 Å². The van der Waals surface area contributed by atoms with Crippen LogP contribution in [0.3, 0.4) is 0 Å². The van der Waals surface area contributed by atoms with Gasteiger partial charge in [0.1, 0.15) is 0 Å². The number of nitrogens with zero attached hydrogens (tertiary/aromatic N) is 3. The molecule has 0 aliphatic heterocycles. The molecule has 0 heterocycles. The van der Waals surface area contributed by atoms with Crippen LogP contribution in [0, 0.1) is 20.2 Å². The van der Waals surface area contributed by atoms with Gasteiger partial charge in [-0.15, -0.1) is 0 Å². The van der Waals surface area contributed by atoms with Gasteiger partial charge in [-0.25, -0.2) is 20.2 Å².